The Kier molecular flexibility index (Phi) is 6.14. The van der Waals surface area contributed by atoms with Crippen LogP contribution in [-0.4, -0.2) is 43.2 Å². The Bertz CT molecular complexity index is 478. The van der Waals surface area contributed by atoms with Gasteiger partial charge in [0.1, 0.15) is 5.60 Å². The van der Waals surface area contributed by atoms with Crippen molar-refractivity contribution in [1.29, 1.82) is 0 Å². The van der Waals surface area contributed by atoms with Gasteiger partial charge >= 0.3 is 12.1 Å². The van der Waals surface area contributed by atoms with Gasteiger partial charge in [-0.2, -0.15) is 0 Å². The third-order valence-electron chi connectivity index (χ3n) is 4.81. The van der Waals surface area contributed by atoms with E-state index in [-0.39, 0.29) is 17.2 Å². The summed E-state index contributed by atoms with van der Waals surface area (Å²) in [5.74, 6) is -1.34. The molecule has 0 bridgehead atoms. The number of carboxylic acid groups (broad SMARTS) is 1. The van der Waals surface area contributed by atoms with Crippen LogP contribution in [0.1, 0.15) is 54.4 Å². The van der Waals surface area contributed by atoms with Gasteiger partial charge in [-0.25, -0.2) is 4.79 Å². The molecule has 1 amide bonds. The molecule has 1 rings (SSSR count). The van der Waals surface area contributed by atoms with E-state index in [2.05, 4.69) is 39.2 Å². The Balaban J connectivity index is 2.86. The Hall–Kier alpha value is -1.08. The van der Waals surface area contributed by atoms with E-state index in [4.69, 9.17) is 9.16 Å². The molecule has 1 aliphatic carbocycles. The van der Waals surface area contributed by atoms with Crippen molar-refractivity contribution in [3.63, 3.8) is 0 Å². The average Bonchev–Trinajstić information content (AvgIpc) is 2.67. The molecule has 1 fully saturated rings. The normalized spacial score (nSPS) is 25.4. The summed E-state index contributed by atoms with van der Waals surface area (Å²) >= 11 is 0. The van der Waals surface area contributed by atoms with Crippen molar-refractivity contribution in [3.8, 4) is 0 Å². The topological polar surface area (TPSA) is 84.9 Å². The molecule has 6 nitrogen and oxygen atoms in total. The summed E-state index contributed by atoms with van der Waals surface area (Å²) in [4.78, 5) is 23.5. The average molecular weight is 360 g/mol. The standard InChI is InChI=1S/C17H33NO5Si/c1-16(2,3)22-15(21)18-12-9-11(14(19)20)10-13(12)23-24(7,8)17(4,5)6/h11-13H,9-10H2,1-8H3,(H,18,21)(H,19,20)/t11-,12+,13-/m0/s1. The monoisotopic (exact) mass is 359 g/mol. The zero-order chi connectivity index (χ0) is 18.9. The van der Waals surface area contributed by atoms with Gasteiger partial charge in [-0.15, -0.1) is 0 Å². The highest BCUT2D eigenvalue weighted by Crippen LogP contribution is 2.40. The van der Waals surface area contributed by atoms with Gasteiger partial charge < -0.3 is 19.6 Å². The molecule has 0 heterocycles. The van der Waals surface area contributed by atoms with E-state index in [1.807, 2.05) is 0 Å². The van der Waals surface area contributed by atoms with Crippen LogP contribution in [-0.2, 0) is 14.0 Å². The molecule has 2 N–H and O–H groups in total. The molecular weight excluding hydrogens is 326 g/mol. The number of hydrogen-bond acceptors (Lipinski definition) is 4. The smallest absolute Gasteiger partial charge is 0.407 e. The molecule has 0 aromatic carbocycles. The van der Waals surface area contributed by atoms with Crippen LogP contribution in [0.15, 0.2) is 0 Å². The molecular formula is C17H33NO5Si. The SMILES string of the molecule is CC(C)(C)OC(=O)N[C@@H]1C[C@H](C(=O)O)C[C@@H]1O[Si](C)(C)C(C)(C)C. The van der Waals surface area contributed by atoms with E-state index < -0.39 is 31.9 Å². The molecule has 140 valence electrons. The molecule has 0 spiro atoms. The van der Waals surface area contributed by atoms with Gasteiger partial charge in [-0.3, -0.25) is 4.79 Å². The molecule has 0 aromatic rings. The number of hydrogen-bond donors (Lipinski definition) is 2. The first-order chi connectivity index (χ1) is 10.6. The van der Waals surface area contributed by atoms with Gasteiger partial charge in [-0.1, -0.05) is 20.8 Å². The van der Waals surface area contributed by atoms with Crippen molar-refractivity contribution in [3.05, 3.63) is 0 Å². The Morgan fingerprint density at radius 2 is 1.62 bits per heavy atom. The lowest BCUT2D eigenvalue weighted by atomic mass is 10.1. The summed E-state index contributed by atoms with van der Waals surface area (Å²) in [6.45, 7) is 16.1. The summed E-state index contributed by atoms with van der Waals surface area (Å²) in [5.41, 5.74) is -0.593. The summed E-state index contributed by atoms with van der Waals surface area (Å²) in [7, 11) is -2.06. The van der Waals surface area contributed by atoms with Crippen LogP contribution in [0.5, 0.6) is 0 Å². The first-order valence-electron chi connectivity index (χ1n) is 8.52. The lowest BCUT2D eigenvalue weighted by Gasteiger charge is -2.40. The number of rotatable bonds is 4. The summed E-state index contributed by atoms with van der Waals surface area (Å²) in [6.07, 6.45) is -0.0298. The number of carbonyl (C=O) groups is 2. The first-order valence-corrected chi connectivity index (χ1v) is 11.4. The molecule has 1 saturated carbocycles. The maximum atomic E-state index is 12.1. The van der Waals surface area contributed by atoms with Gasteiger partial charge in [0, 0.05) is 0 Å². The molecule has 0 aliphatic heterocycles. The third kappa shape index (κ3) is 5.77. The van der Waals surface area contributed by atoms with E-state index in [0.717, 1.165) is 0 Å². The molecule has 3 atom stereocenters. The second kappa shape index (κ2) is 7.04. The maximum absolute atomic E-state index is 12.1. The quantitative estimate of drug-likeness (QED) is 0.747. The lowest BCUT2D eigenvalue weighted by molar-refractivity contribution is -0.141. The Morgan fingerprint density at radius 3 is 2.04 bits per heavy atom. The number of amides is 1. The predicted molar refractivity (Wildman–Crippen MR) is 95.6 cm³/mol. The van der Waals surface area contributed by atoms with Crippen molar-refractivity contribution in [1.82, 2.24) is 5.32 Å². The number of carboxylic acids is 1. The minimum Gasteiger partial charge on any atom is -0.481 e. The number of alkyl carbamates (subject to hydrolysis) is 1. The number of ether oxygens (including phenoxy) is 1. The molecule has 7 heteroatoms. The van der Waals surface area contributed by atoms with Crippen molar-refractivity contribution < 1.29 is 23.9 Å². The van der Waals surface area contributed by atoms with Crippen LogP contribution in [0.3, 0.4) is 0 Å². The van der Waals surface area contributed by atoms with E-state index in [0.29, 0.717) is 12.8 Å². The van der Waals surface area contributed by atoms with Gasteiger partial charge in [0.25, 0.3) is 0 Å². The first kappa shape index (κ1) is 21.0. The molecule has 0 radical (unpaired) electrons. The molecule has 0 saturated heterocycles. The maximum Gasteiger partial charge on any atom is 0.407 e. The van der Waals surface area contributed by atoms with E-state index in [1.165, 1.54) is 0 Å². The van der Waals surface area contributed by atoms with Crippen LogP contribution >= 0.6 is 0 Å². The van der Waals surface area contributed by atoms with Crippen molar-refractivity contribution in [2.45, 2.75) is 90.3 Å². The third-order valence-corrected chi connectivity index (χ3v) is 9.31. The summed E-state index contributed by atoms with van der Waals surface area (Å²) in [6, 6.07) is -0.338. The van der Waals surface area contributed by atoms with Crippen LogP contribution < -0.4 is 5.32 Å². The zero-order valence-corrected chi connectivity index (χ0v) is 17.2. The van der Waals surface area contributed by atoms with E-state index >= 15 is 0 Å². The molecule has 1 aliphatic rings. The van der Waals surface area contributed by atoms with Gasteiger partial charge in [-0.05, 0) is 51.7 Å². The minimum atomic E-state index is -2.06. The summed E-state index contributed by atoms with van der Waals surface area (Å²) < 4.78 is 11.7. The number of carbonyl (C=O) groups excluding carboxylic acids is 1. The second-order valence-corrected chi connectivity index (χ2v) is 13.9. The minimum absolute atomic E-state index is 0.0186. The molecule has 0 unspecified atom stereocenters. The fourth-order valence-electron chi connectivity index (χ4n) is 2.50. The highest BCUT2D eigenvalue weighted by Gasteiger charge is 2.46. The predicted octanol–water partition coefficient (Wildman–Crippen LogP) is 3.76. The van der Waals surface area contributed by atoms with Crippen LogP contribution in [0, 0.1) is 5.92 Å². The van der Waals surface area contributed by atoms with Gasteiger partial charge in [0.05, 0.1) is 18.1 Å². The van der Waals surface area contributed by atoms with Crippen LogP contribution in [0.4, 0.5) is 4.79 Å². The van der Waals surface area contributed by atoms with Crippen molar-refractivity contribution >= 4 is 20.4 Å². The molecule has 0 aromatic heterocycles. The Labute approximate surface area is 146 Å². The van der Waals surface area contributed by atoms with Crippen LogP contribution in [0.2, 0.25) is 18.1 Å². The lowest BCUT2D eigenvalue weighted by Crippen LogP contribution is -2.50. The fourth-order valence-corrected chi connectivity index (χ4v) is 3.87. The molecule has 24 heavy (non-hydrogen) atoms. The largest absolute Gasteiger partial charge is 0.481 e. The van der Waals surface area contributed by atoms with Gasteiger partial charge in [0.15, 0.2) is 8.32 Å². The highest BCUT2D eigenvalue weighted by molar-refractivity contribution is 6.74. The van der Waals surface area contributed by atoms with E-state index in [9.17, 15) is 14.7 Å². The Morgan fingerprint density at radius 1 is 1.08 bits per heavy atom. The van der Waals surface area contributed by atoms with Crippen molar-refractivity contribution in [2.75, 3.05) is 0 Å². The highest BCUT2D eigenvalue weighted by atomic mass is 28.4. The van der Waals surface area contributed by atoms with Crippen LogP contribution in [0.25, 0.3) is 0 Å². The van der Waals surface area contributed by atoms with E-state index in [1.54, 1.807) is 20.8 Å². The van der Waals surface area contributed by atoms with Gasteiger partial charge in [0.2, 0.25) is 0 Å². The second-order valence-electron chi connectivity index (χ2n) is 9.18. The number of aliphatic carboxylic acids is 1. The summed E-state index contributed by atoms with van der Waals surface area (Å²) in [5, 5.41) is 12.2. The zero-order valence-electron chi connectivity index (χ0n) is 16.2. The number of nitrogens with one attached hydrogen (secondary N) is 1. The fraction of sp³-hybridized carbons (Fsp3) is 0.882. The van der Waals surface area contributed by atoms with Crippen molar-refractivity contribution in [2.24, 2.45) is 5.92 Å².